The Morgan fingerprint density at radius 2 is 2.14 bits per heavy atom. The number of hydrogen-bond donors (Lipinski definition) is 1. The van der Waals surface area contributed by atoms with Crippen molar-refractivity contribution in [2.75, 3.05) is 6.61 Å². The SMILES string of the molecule is NC(CCc1ccccc1)c1nc(CC2CCCO2)no1. The first-order valence-corrected chi connectivity index (χ1v) is 7.55. The Bertz CT molecular complexity index is 550. The summed E-state index contributed by atoms with van der Waals surface area (Å²) in [6.07, 6.45) is 4.85. The van der Waals surface area contributed by atoms with E-state index in [9.17, 15) is 0 Å². The summed E-state index contributed by atoms with van der Waals surface area (Å²) >= 11 is 0. The van der Waals surface area contributed by atoms with E-state index in [4.69, 9.17) is 15.0 Å². The number of aromatic nitrogens is 2. The molecule has 5 heteroatoms. The van der Waals surface area contributed by atoms with Crippen LogP contribution in [0.5, 0.6) is 0 Å². The second-order valence-electron chi connectivity index (χ2n) is 5.52. The molecule has 1 fully saturated rings. The molecule has 1 aromatic heterocycles. The van der Waals surface area contributed by atoms with Gasteiger partial charge in [-0.25, -0.2) is 0 Å². The van der Waals surface area contributed by atoms with E-state index < -0.39 is 0 Å². The maximum absolute atomic E-state index is 6.14. The summed E-state index contributed by atoms with van der Waals surface area (Å²) in [6.45, 7) is 0.839. The van der Waals surface area contributed by atoms with Crippen LogP contribution in [0.25, 0.3) is 0 Å². The molecule has 0 saturated carbocycles. The highest BCUT2D eigenvalue weighted by Crippen LogP contribution is 2.18. The Morgan fingerprint density at radius 1 is 1.29 bits per heavy atom. The summed E-state index contributed by atoms with van der Waals surface area (Å²) in [4.78, 5) is 4.40. The summed E-state index contributed by atoms with van der Waals surface area (Å²) in [5, 5.41) is 4.01. The van der Waals surface area contributed by atoms with Crippen LogP contribution in [-0.2, 0) is 17.6 Å². The Labute approximate surface area is 124 Å². The molecule has 0 spiro atoms. The normalized spacial score (nSPS) is 19.8. The molecule has 21 heavy (non-hydrogen) atoms. The second-order valence-corrected chi connectivity index (χ2v) is 5.52. The van der Waals surface area contributed by atoms with Crippen molar-refractivity contribution in [1.29, 1.82) is 0 Å². The van der Waals surface area contributed by atoms with Crippen molar-refractivity contribution in [3.05, 3.63) is 47.6 Å². The largest absolute Gasteiger partial charge is 0.378 e. The van der Waals surface area contributed by atoms with E-state index in [-0.39, 0.29) is 12.1 Å². The lowest BCUT2D eigenvalue weighted by atomic mass is 10.1. The Morgan fingerprint density at radius 3 is 2.90 bits per heavy atom. The summed E-state index contributed by atoms with van der Waals surface area (Å²) in [7, 11) is 0. The van der Waals surface area contributed by atoms with Crippen LogP contribution in [0.1, 0.15) is 42.6 Å². The molecule has 2 heterocycles. The first-order valence-electron chi connectivity index (χ1n) is 7.55. The number of benzene rings is 1. The molecule has 2 aromatic rings. The maximum atomic E-state index is 6.14. The van der Waals surface area contributed by atoms with E-state index in [1.54, 1.807) is 0 Å². The van der Waals surface area contributed by atoms with Crippen molar-refractivity contribution in [3.63, 3.8) is 0 Å². The number of rotatable bonds is 6. The minimum Gasteiger partial charge on any atom is -0.378 e. The van der Waals surface area contributed by atoms with Gasteiger partial charge in [0, 0.05) is 13.0 Å². The molecule has 2 N–H and O–H groups in total. The molecular formula is C16H21N3O2. The number of ether oxygens (including phenoxy) is 1. The van der Waals surface area contributed by atoms with E-state index in [1.807, 2.05) is 18.2 Å². The van der Waals surface area contributed by atoms with Crippen molar-refractivity contribution in [2.45, 2.75) is 44.2 Å². The smallest absolute Gasteiger partial charge is 0.243 e. The predicted molar refractivity (Wildman–Crippen MR) is 78.7 cm³/mol. The molecule has 1 aliphatic rings. The van der Waals surface area contributed by atoms with Gasteiger partial charge in [-0.15, -0.1) is 0 Å². The van der Waals surface area contributed by atoms with Crippen LogP contribution in [0.2, 0.25) is 0 Å². The predicted octanol–water partition coefficient (Wildman–Crippen LogP) is 2.42. The van der Waals surface area contributed by atoms with Crippen LogP contribution >= 0.6 is 0 Å². The van der Waals surface area contributed by atoms with Crippen LogP contribution in [0.3, 0.4) is 0 Å². The summed E-state index contributed by atoms with van der Waals surface area (Å²) in [5.41, 5.74) is 7.41. The van der Waals surface area contributed by atoms with Crippen LogP contribution in [0.4, 0.5) is 0 Å². The van der Waals surface area contributed by atoms with Gasteiger partial charge < -0.3 is 15.0 Å². The molecule has 2 atom stereocenters. The van der Waals surface area contributed by atoms with Crippen LogP contribution in [-0.4, -0.2) is 22.9 Å². The quantitative estimate of drug-likeness (QED) is 0.883. The van der Waals surface area contributed by atoms with E-state index in [2.05, 4.69) is 22.3 Å². The zero-order chi connectivity index (χ0) is 14.5. The first kappa shape index (κ1) is 14.2. The van der Waals surface area contributed by atoms with Gasteiger partial charge in [0.05, 0.1) is 12.1 Å². The highest BCUT2D eigenvalue weighted by atomic mass is 16.5. The Kier molecular flexibility index (Phi) is 4.62. The summed E-state index contributed by atoms with van der Waals surface area (Å²) in [5.74, 6) is 1.23. The number of aryl methyl sites for hydroxylation is 1. The van der Waals surface area contributed by atoms with Gasteiger partial charge >= 0.3 is 0 Å². The molecule has 112 valence electrons. The lowest BCUT2D eigenvalue weighted by molar-refractivity contribution is 0.109. The van der Waals surface area contributed by atoms with E-state index in [0.717, 1.165) is 38.7 Å². The van der Waals surface area contributed by atoms with Gasteiger partial charge in [-0.2, -0.15) is 4.98 Å². The zero-order valence-electron chi connectivity index (χ0n) is 12.1. The van der Waals surface area contributed by atoms with Gasteiger partial charge in [0.25, 0.3) is 0 Å². The molecule has 0 bridgehead atoms. The van der Waals surface area contributed by atoms with Gasteiger partial charge in [-0.05, 0) is 31.2 Å². The topological polar surface area (TPSA) is 74.2 Å². The average Bonchev–Trinajstić information content (AvgIpc) is 3.18. The molecule has 3 rings (SSSR count). The molecule has 1 aromatic carbocycles. The fourth-order valence-corrected chi connectivity index (χ4v) is 2.60. The summed E-state index contributed by atoms with van der Waals surface area (Å²) in [6, 6.07) is 10.1. The van der Waals surface area contributed by atoms with E-state index in [0.29, 0.717) is 11.7 Å². The Hall–Kier alpha value is -1.72. The third-order valence-corrected chi connectivity index (χ3v) is 3.82. The maximum Gasteiger partial charge on any atom is 0.243 e. The number of nitrogens with zero attached hydrogens (tertiary/aromatic N) is 2. The standard InChI is InChI=1S/C16H21N3O2/c17-14(9-8-12-5-2-1-3-6-12)16-18-15(19-21-16)11-13-7-4-10-20-13/h1-3,5-6,13-14H,4,7-11,17H2. The van der Waals surface area contributed by atoms with Crippen molar-refractivity contribution >= 4 is 0 Å². The van der Waals surface area contributed by atoms with Crippen molar-refractivity contribution in [2.24, 2.45) is 5.73 Å². The third kappa shape index (κ3) is 3.89. The van der Waals surface area contributed by atoms with Crippen LogP contribution in [0.15, 0.2) is 34.9 Å². The van der Waals surface area contributed by atoms with Crippen molar-refractivity contribution < 1.29 is 9.26 Å². The lowest BCUT2D eigenvalue weighted by Crippen LogP contribution is -2.13. The average molecular weight is 287 g/mol. The minimum absolute atomic E-state index is 0.212. The lowest BCUT2D eigenvalue weighted by Gasteiger charge is -2.06. The second kappa shape index (κ2) is 6.83. The molecule has 1 saturated heterocycles. The number of hydrogen-bond acceptors (Lipinski definition) is 5. The van der Waals surface area contributed by atoms with E-state index >= 15 is 0 Å². The van der Waals surface area contributed by atoms with E-state index in [1.165, 1.54) is 5.56 Å². The van der Waals surface area contributed by atoms with Gasteiger partial charge in [0.2, 0.25) is 5.89 Å². The minimum atomic E-state index is -0.212. The van der Waals surface area contributed by atoms with Gasteiger partial charge in [0.1, 0.15) is 0 Å². The first-order chi connectivity index (χ1) is 10.3. The van der Waals surface area contributed by atoms with Gasteiger partial charge in [0.15, 0.2) is 5.82 Å². The van der Waals surface area contributed by atoms with Crippen molar-refractivity contribution in [1.82, 2.24) is 10.1 Å². The third-order valence-electron chi connectivity index (χ3n) is 3.82. The van der Waals surface area contributed by atoms with Crippen LogP contribution in [0, 0.1) is 0 Å². The van der Waals surface area contributed by atoms with Gasteiger partial charge in [-0.3, -0.25) is 0 Å². The molecule has 1 aliphatic heterocycles. The number of nitrogens with two attached hydrogens (primary N) is 1. The summed E-state index contributed by atoms with van der Waals surface area (Å²) < 4.78 is 10.9. The highest BCUT2D eigenvalue weighted by Gasteiger charge is 2.20. The van der Waals surface area contributed by atoms with Crippen LogP contribution < -0.4 is 5.73 Å². The van der Waals surface area contributed by atoms with Crippen molar-refractivity contribution in [3.8, 4) is 0 Å². The monoisotopic (exact) mass is 287 g/mol. The molecule has 0 radical (unpaired) electrons. The molecule has 5 nitrogen and oxygen atoms in total. The zero-order valence-corrected chi connectivity index (χ0v) is 12.1. The molecule has 0 aliphatic carbocycles. The van der Waals surface area contributed by atoms with Gasteiger partial charge in [-0.1, -0.05) is 35.5 Å². The fraction of sp³-hybridized carbons (Fsp3) is 0.500. The Balaban J connectivity index is 1.52. The highest BCUT2D eigenvalue weighted by molar-refractivity contribution is 5.15. The molecular weight excluding hydrogens is 266 g/mol. The fourth-order valence-electron chi connectivity index (χ4n) is 2.60. The molecule has 0 amide bonds. The molecule has 2 unspecified atom stereocenters.